The van der Waals surface area contributed by atoms with Crippen LogP contribution in [0.2, 0.25) is 0 Å². The van der Waals surface area contributed by atoms with Gasteiger partial charge < -0.3 is 15.5 Å². The summed E-state index contributed by atoms with van der Waals surface area (Å²) in [7, 11) is 0. The Kier molecular flexibility index (Phi) is 5.73. The number of aromatic nitrogens is 1. The smallest absolute Gasteiger partial charge is 0.335 e. The molecule has 7 nitrogen and oxygen atoms in total. The fraction of sp³-hybridized carbons (Fsp3) is 0.235. The maximum absolute atomic E-state index is 11.8. The summed E-state index contributed by atoms with van der Waals surface area (Å²) in [6.45, 7) is 3.80. The zero-order valence-electron chi connectivity index (χ0n) is 13.6. The second-order valence-corrected chi connectivity index (χ2v) is 5.17. The molecule has 1 aromatic heterocycles. The summed E-state index contributed by atoms with van der Waals surface area (Å²) < 4.78 is 0. The number of carbonyl (C=O) groups excluding carboxylic acids is 1. The van der Waals surface area contributed by atoms with Gasteiger partial charge in [0.1, 0.15) is 11.5 Å². The highest BCUT2D eigenvalue weighted by Gasteiger charge is 2.13. The van der Waals surface area contributed by atoms with Gasteiger partial charge in [-0.3, -0.25) is 4.98 Å². The Morgan fingerprint density at radius 3 is 2.75 bits per heavy atom. The summed E-state index contributed by atoms with van der Waals surface area (Å²) in [5, 5.41) is 26.4. The number of nitrogens with zero attached hydrogens (tertiary/aromatic N) is 2. The van der Waals surface area contributed by atoms with Gasteiger partial charge in [0, 0.05) is 30.1 Å². The third-order valence-corrected chi connectivity index (χ3v) is 3.52. The first kappa shape index (κ1) is 17.3. The molecular formula is C17H20N4O3. The molecule has 0 aliphatic heterocycles. The van der Waals surface area contributed by atoms with E-state index in [-0.39, 0.29) is 11.5 Å². The maximum atomic E-state index is 11.8. The number of amides is 2. The summed E-state index contributed by atoms with van der Waals surface area (Å²) in [6.07, 6.45) is 3.83. The number of hydrogen-bond acceptors (Lipinski definition) is 5. The van der Waals surface area contributed by atoms with Crippen LogP contribution in [0.5, 0.6) is 11.5 Å². The van der Waals surface area contributed by atoms with E-state index in [4.69, 9.17) is 0 Å². The van der Waals surface area contributed by atoms with Gasteiger partial charge in [-0.15, -0.1) is 0 Å². The highest BCUT2D eigenvalue weighted by atomic mass is 16.3. The normalized spacial score (nSPS) is 11.2. The van der Waals surface area contributed by atoms with Crippen LogP contribution in [0.15, 0.2) is 41.8 Å². The molecule has 0 aliphatic carbocycles. The number of phenolic OH excluding ortho intramolecular Hbond substituents is 2. The van der Waals surface area contributed by atoms with Crippen molar-refractivity contribution >= 4 is 11.7 Å². The predicted molar refractivity (Wildman–Crippen MR) is 90.9 cm³/mol. The molecule has 0 saturated heterocycles. The lowest BCUT2D eigenvalue weighted by atomic mass is 10.0. The lowest BCUT2D eigenvalue weighted by Crippen LogP contribution is -2.32. The van der Waals surface area contributed by atoms with Crippen molar-refractivity contribution in [3.63, 3.8) is 0 Å². The number of phenols is 2. The Hall–Kier alpha value is -3.09. The van der Waals surface area contributed by atoms with E-state index in [1.165, 1.54) is 6.07 Å². The van der Waals surface area contributed by atoms with E-state index in [1.807, 2.05) is 13.0 Å². The minimum absolute atomic E-state index is 0.00822. The van der Waals surface area contributed by atoms with Gasteiger partial charge in [0.15, 0.2) is 0 Å². The van der Waals surface area contributed by atoms with E-state index in [0.717, 1.165) is 5.56 Å². The van der Waals surface area contributed by atoms with Crippen molar-refractivity contribution in [1.82, 2.24) is 15.7 Å². The largest absolute Gasteiger partial charge is 0.508 e. The first-order valence-electron chi connectivity index (χ1n) is 7.54. The van der Waals surface area contributed by atoms with Gasteiger partial charge in [-0.2, -0.15) is 5.10 Å². The van der Waals surface area contributed by atoms with Crippen LogP contribution in [-0.2, 0) is 6.54 Å². The minimum atomic E-state index is -0.459. The van der Waals surface area contributed by atoms with Crippen LogP contribution in [0.1, 0.15) is 30.0 Å². The highest BCUT2D eigenvalue weighted by Crippen LogP contribution is 2.30. The van der Waals surface area contributed by atoms with E-state index >= 15 is 0 Å². The molecular weight excluding hydrogens is 308 g/mol. The van der Waals surface area contributed by atoms with Crippen LogP contribution in [0.25, 0.3) is 0 Å². The van der Waals surface area contributed by atoms with E-state index < -0.39 is 6.03 Å². The summed E-state index contributed by atoms with van der Waals surface area (Å²) in [5.74, 6) is -0.0398. The van der Waals surface area contributed by atoms with Crippen molar-refractivity contribution in [2.45, 2.75) is 26.8 Å². The van der Waals surface area contributed by atoms with Gasteiger partial charge in [0.2, 0.25) is 0 Å². The standard InChI is InChI=1S/C17H20N4O3/c1-3-14(13-6-7-15(22)11(2)16(13)23)20-21-17(24)19-10-12-5-4-8-18-9-12/h4-9,22-23H,3,10H2,1-2H3,(H2,19,21,24)/b20-14+. The van der Waals surface area contributed by atoms with Gasteiger partial charge in [-0.05, 0) is 37.1 Å². The number of pyridine rings is 1. The molecule has 1 heterocycles. The Morgan fingerprint density at radius 1 is 1.29 bits per heavy atom. The van der Waals surface area contributed by atoms with Gasteiger partial charge >= 0.3 is 6.03 Å². The van der Waals surface area contributed by atoms with Crippen molar-refractivity contribution < 1.29 is 15.0 Å². The highest BCUT2D eigenvalue weighted by molar-refractivity contribution is 6.03. The molecule has 1 aromatic carbocycles. The number of nitrogens with one attached hydrogen (secondary N) is 2. The number of benzene rings is 1. The molecule has 4 N–H and O–H groups in total. The van der Waals surface area contributed by atoms with E-state index in [0.29, 0.717) is 29.8 Å². The van der Waals surface area contributed by atoms with E-state index in [1.54, 1.807) is 31.5 Å². The quantitative estimate of drug-likeness (QED) is 0.499. The van der Waals surface area contributed by atoms with Crippen LogP contribution in [-0.4, -0.2) is 26.9 Å². The first-order chi connectivity index (χ1) is 11.5. The summed E-state index contributed by atoms with van der Waals surface area (Å²) in [4.78, 5) is 15.8. The summed E-state index contributed by atoms with van der Waals surface area (Å²) in [6, 6.07) is 6.23. The van der Waals surface area contributed by atoms with Crippen LogP contribution in [0.4, 0.5) is 4.79 Å². The van der Waals surface area contributed by atoms with E-state index in [2.05, 4.69) is 20.8 Å². The number of urea groups is 1. The van der Waals surface area contributed by atoms with Gasteiger partial charge in [-0.25, -0.2) is 10.2 Å². The maximum Gasteiger partial charge on any atom is 0.335 e. The van der Waals surface area contributed by atoms with Crippen molar-refractivity contribution in [1.29, 1.82) is 0 Å². The molecule has 0 bridgehead atoms. The Morgan fingerprint density at radius 2 is 2.08 bits per heavy atom. The molecule has 24 heavy (non-hydrogen) atoms. The van der Waals surface area contributed by atoms with Crippen molar-refractivity contribution in [2.24, 2.45) is 5.10 Å². The molecule has 0 fully saturated rings. The third kappa shape index (κ3) is 4.22. The predicted octanol–water partition coefficient (Wildman–Crippen LogP) is 2.41. The lowest BCUT2D eigenvalue weighted by molar-refractivity contribution is 0.241. The molecule has 0 aliphatic rings. The number of aromatic hydroxyl groups is 2. The van der Waals surface area contributed by atoms with Gasteiger partial charge in [0.25, 0.3) is 0 Å². The van der Waals surface area contributed by atoms with Crippen molar-refractivity contribution in [2.75, 3.05) is 0 Å². The van der Waals surface area contributed by atoms with E-state index in [9.17, 15) is 15.0 Å². The number of hydrogen-bond donors (Lipinski definition) is 4. The van der Waals surface area contributed by atoms with Crippen LogP contribution in [0, 0.1) is 6.92 Å². The molecule has 126 valence electrons. The Balaban J connectivity index is 2.03. The molecule has 2 rings (SSSR count). The fourth-order valence-electron chi connectivity index (χ4n) is 2.09. The Labute approximate surface area is 140 Å². The van der Waals surface area contributed by atoms with Crippen LogP contribution >= 0.6 is 0 Å². The minimum Gasteiger partial charge on any atom is -0.508 e. The molecule has 0 unspecified atom stereocenters. The molecule has 0 radical (unpaired) electrons. The zero-order chi connectivity index (χ0) is 17.5. The number of carbonyl (C=O) groups is 1. The lowest BCUT2D eigenvalue weighted by Gasteiger charge is -2.11. The Bertz CT molecular complexity index is 745. The first-order valence-corrected chi connectivity index (χ1v) is 7.54. The SMILES string of the molecule is CC/C(=N\NC(=O)NCc1cccnc1)c1ccc(O)c(C)c1O. The summed E-state index contributed by atoms with van der Waals surface area (Å²) >= 11 is 0. The summed E-state index contributed by atoms with van der Waals surface area (Å²) in [5.41, 5.74) is 4.63. The van der Waals surface area contributed by atoms with Crippen molar-refractivity contribution in [3.05, 3.63) is 53.3 Å². The second kappa shape index (κ2) is 7.96. The average Bonchev–Trinajstić information content (AvgIpc) is 2.61. The number of hydrazone groups is 1. The molecule has 0 spiro atoms. The molecule has 0 atom stereocenters. The monoisotopic (exact) mass is 328 g/mol. The average molecular weight is 328 g/mol. The fourth-order valence-corrected chi connectivity index (χ4v) is 2.09. The van der Waals surface area contributed by atoms with Crippen LogP contribution < -0.4 is 10.7 Å². The van der Waals surface area contributed by atoms with Gasteiger partial charge in [-0.1, -0.05) is 13.0 Å². The zero-order valence-corrected chi connectivity index (χ0v) is 13.6. The molecule has 2 amide bonds. The number of rotatable bonds is 5. The molecule has 2 aromatic rings. The van der Waals surface area contributed by atoms with Gasteiger partial charge in [0.05, 0.1) is 5.71 Å². The van der Waals surface area contributed by atoms with Crippen LogP contribution in [0.3, 0.4) is 0 Å². The van der Waals surface area contributed by atoms with Crippen molar-refractivity contribution in [3.8, 4) is 11.5 Å². The topological polar surface area (TPSA) is 107 Å². The second-order valence-electron chi connectivity index (χ2n) is 5.17. The molecule has 7 heteroatoms. The molecule has 0 saturated carbocycles. The third-order valence-electron chi connectivity index (χ3n) is 3.52.